The van der Waals surface area contributed by atoms with Gasteiger partial charge in [-0.1, -0.05) is 46.3 Å². The fourth-order valence-corrected chi connectivity index (χ4v) is 3.68. The van der Waals surface area contributed by atoms with Gasteiger partial charge in [0.2, 0.25) is 11.8 Å². The molecule has 0 aromatic heterocycles. The first-order valence-corrected chi connectivity index (χ1v) is 10.5. The van der Waals surface area contributed by atoms with E-state index in [9.17, 15) is 14.4 Å². The van der Waals surface area contributed by atoms with Gasteiger partial charge in [0.15, 0.2) is 0 Å². The molecular formula is C22H39N3O4. The number of aliphatic carboxylic acids is 1. The highest BCUT2D eigenvalue weighted by Gasteiger charge is 2.38. The summed E-state index contributed by atoms with van der Waals surface area (Å²) in [5.41, 5.74) is 0.261. The van der Waals surface area contributed by atoms with Crippen LogP contribution in [0.3, 0.4) is 0 Å². The van der Waals surface area contributed by atoms with Crippen LogP contribution in [0, 0.1) is 17.3 Å². The summed E-state index contributed by atoms with van der Waals surface area (Å²) in [5, 5.41) is 15.3. The summed E-state index contributed by atoms with van der Waals surface area (Å²) < 4.78 is 0. The Kier molecular flexibility index (Phi) is 9.33. The van der Waals surface area contributed by atoms with E-state index < -0.39 is 17.4 Å². The number of rotatable bonds is 8. The van der Waals surface area contributed by atoms with Crippen molar-refractivity contribution in [3.63, 3.8) is 0 Å². The molecule has 7 nitrogen and oxygen atoms in total. The van der Waals surface area contributed by atoms with Crippen LogP contribution in [0.5, 0.6) is 0 Å². The van der Waals surface area contributed by atoms with Crippen molar-refractivity contribution in [2.45, 2.75) is 72.9 Å². The Bertz CT molecular complexity index is 616. The topological polar surface area (TPSA) is 98.7 Å². The lowest BCUT2D eigenvalue weighted by Crippen LogP contribution is -2.57. The van der Waals surface area contributed by atoms with Crippen molar-refractivity contribution in [2.75, 3.05) is 20.1 Å². The summed E-state index contributed by atoms with van der Waals surface area (Å²) >= 11 is 0. The fraction of sp³-hybridized carbons (Fsp3) is 0.773. The van der Waals surface area contributed by atoms with E-state index in [0.29, 0.717) is 5.57 Å². The summed E-state index contributed by atoms with van der Waals surface area (Å²) in [4.78, 5) is 38.9. The van der Waals surface area contributed by atoms with Gasteiger partial charge >= 0.3 is 5.97 Å². The number of hydrogen-bond donors (Lipinski definition) is 3. The van der Waals surface area contributed by atoms with Gasteiger partial charge in [0, 0.05) is 13.0 Å². The Balaban J connectivity index is 3.03. The van der Waals surface area contributed by atoms with Gasteiger partial charge in [-0.2, -0.15) is 0 Å². The second-order valence-electron chi connectivity index (χ2n) is 9.60. The lowest BCUT2D eigenvalue weighted by molar-refractivity contribution is -0.141. The van der Waals surface area contributed by atoms with Crippen molar-refractivity contribution in [1.29, 1.82) is 0 Å². The van der Waals surface area contributed by atoms with Crippen molar-refractivity contribution in [3.8, 4) is 0 Å². The Labute approximate surface area is 175 Å². The van der Waals surface area contributed by atoms with Crippen LogP contribution in [0.25, 0.3) is 0 Å². The van der Waals surface area contributed by atoms with E-state index in [1.54, 1.807) is 18.9 Å². The molecule has 0 bridgehead atoms. The van der Waals surface area contributed by atoms with Crippen LogP contribution < -0.4 is 10.6 Å². The third-order valence-electron chi connectivity index (χ3n) is 5.47. The molecule has 1 heterocycles. The maximum absolute atomic E-state index is 13.4. The van der Waals surface area contributed by atoms with Gasteiger partial charge in [-0.05, 0) is 44.2 Å². The van der Waals surface area contributed by atoms with Crippen LogP contribution in [-0.4, -0.2) is 60.0 Å². The number of hydrogen-bond acceptors (Lipinski definition) is 4. The third-order valence-corrected chi connectivity index (χ3v) is 5.47. The number of carbonyl (C=O) groups excluding carboxylic acids is 2. The first-order valence-electron chi connectivity index (χ1n) is 10.5. The highest BCUT2D eigenvalue weighted by molar-refractivity contribution is 5.89. The van der Waals surface area contributed by atoms with Crippen LogP contribution in [0.4, 0.5) is 0 Å². The normalized spacial score (nSPS) is 18.3. The molecule has 2 atom stereocenters. The maximum Gasteiger partial charge on any atom is 0.307 e. The molecule has 0 unspecified atom stereocenters. The predicted molar refractivity (Wildman–Crippen MR) is 114 cm³/mol. The van der Waals surface area contributed by atoms with E-state index in [0.717, 1.165) is 25.9 Å². The van der Waals surface area contributed by atoms with E-state index in [1.807, 2.05) is 40.7 Å². The molecule has 0 aromatic rings. The van der Waals surface area contributed by atoms with E-state index in [1.165, 1.54) is 0 Å². The van der Waals surface area contributed by atoms with Crippen LogP contribution >= 0.6 is 0 Å². The summed E-state index contributed by atoms with van der Waals surface area (Å²) in [7, 11) is 1.73. The summed E-state index contributed by atoms with van der Waals surface area (Å²) in [6.07, 6.45) is 3.35. The zero-order valence-corrected chi connectivity index (χ0v) is 19.0. The summed E-state index contributed by atoms with van der Waals surface area (Å²) in [5.74, 6) is -1.08. The lowest BCUT2D eigenvalue weighted by atomic mass is 9.84. The average molecular weight is 410 g/mol. The standard InChI is InChI=1S/C22H39N3O4/c1-14(2)17(12-15(3)13-18(26)27)25(7)21(29)19(22(4,5)6)24-20(28)16-8-10-23-11-9-16/h12,14,16-17,19,23H,8-11,13H2,1-7H3,(H,24,28)(H,26,27)/t17-,19-/m1/s1. The Morgan fingerprint density at radius 3 is 2.21 bits per heavy atom. The van der Waals surface area contributed by atoms with Gasteiger partial charge in [-0.25, -0.2) is 0 Å². The van der Waals surface area contributed by atoms with Crippen LogP contribution in [-0.2, 0) is 14.4 Å². The maximum atomic E-state index is 13.4. The van der Waals surface area contributed by atoms with Crippen molar-refractivity contribution >= 4 is 17.8 Å². The molecule has 0 radical (unpaired) electrons. The molecule has 1 aliphatic heterocycles. The van der Waals surface area contributed by atoms with Gasteiger partial charge in [0.1, 0.15) is 6.04 Å². The zero-order valence-electron chi connectivity index (χ0n) is 19.0. The number of amides is 2. The second kappa shape index (κ2) is 10.8. The number of carbonyl (C=O) groups is 3. The van der Waals surface area contributed by atoms with Gasteiger partial charge in [0.25, 0.3) is 0 Å². The third kappa shape index (κ3) is 7.80. The molecule has 166 valence electrons. The molecule has 0 saturated carbocycles. The number of nitrogens with one attached hydrogen (secondary N) is 2. The van der Waals surface area contributed by atoms with Crippen LogP contribution in [0.1, 0.15) is 60.8 Å². The number of piperidine rings is 1. The van der Waals surface area contributed by atoms with Crippen LogP contribution in [0.15, 0.2) is 11.6 Å². The predicted octanol–water partition coefficient (Wildman–Crippen LogP) is 2.42. The van der Waals surface area contributed by atoms with Gasteiger partial charge in [0.05, 0.1) is 12.5 Å². The highest BCUT2D eigenvalue weighted by Crippen LogP contribution is 2.25. The minimum Gasteiger partial charge on any atom is -0.481 e. The Hall–Kier alpha value is -1.89. The van der Waals surface area contributed by atoms with Gasteiger partial charge in [-0.15, -0.1) is 0 Å². The molecule has 29 heavy (non-hydrogen) atoms. The Morgan fingerprint density at radius 2 is 1.76 bits per heavy atom. The van der Waals surface area contributed by atoms with Crippen molar-refractivity contribution in [1.82, 2.24) is 15.5 Å². The fourth-order valence-electron chi connectivity index (χ4n) is 3.68. The quantitative estimate of drug-likeness (QED) is 0.535. The molecule has 1 saturated heterocycles. The molecule has 7 heteroatoms. The molecule has 0 aromatic carbocycles. The molecular weight excluding hydrogens is 370 g/mol. The monoisotopic (exact) mass is 409 g/mol. The molecule has 2 amide bonds. The van der Waals surface area contributed by atoms with Crippen molar-refractivity contribution in [2.24, 2.45) is 17.3 Å². The number of carboxylic acid groups (broad SMARTS) is 1. The minimum absolute atomic E-state index is 0.0552. The lowest BCUT2D eigenvalue weighted by Gasteiger charge is -2.38. The molecule has 0 spiro atoms. The molecule has 1 aliphatic rings. The second-order valence-corrected chi connectivity index (χ2v) is 9.60. The zero-order chi connectivity index (χ0) is 22.4. The highest BCUT2D eigenvalue weighted by atomic mass is 16.4. The SMILES string of the molecule is CC(=C[C@H](C(C)C)N(C)C(=O)[C@@H](NC(=O)C1CCNCC1)C(C)(C)C)CC(=O)O. The first-order chi connectivity index (χ1) is 13.3. The average Bonchev–Trinajstić information content (AvgIpc) is 2.61. The van der Waals surface area contributed by atoms with Gasteiger partial charge in [-0.3, -0.25) is 14.4 Å². The summed E-state index contributed by atoms with van der Waals surface area (Å²) in [6.45, 7) is 13.2. The van der Waals surface area contributed by atoms with Crippen LogP contribution in [0.2, 0.25) is 0 Å². The van der Waals surface area contributed by atoms with E-state index in [2.05, 4.69) is 10.6 Å². The number of nitrogens with zero attached hydrogens (tertiary/aromatic N) is 1. The minimum atomic E-state index is -0.892. The van der Waals surface area contributed by atoms with E-state index >= 15 is 0 Å². The molecule has 1 rings (SSSR count). The molecule has 1 fully saturated rings. The molecule has 0 aliphatic carbocycles. The molecule has 3 N–H and O–H groups in total. The largest absolute Gasteiger partial charge is 0.481 e. The van der Waals surface area contributed by atoms with Gasteiger partial charge < -0.3 is 20.6 Å². The number of likely N-dealkylation sites (N-methyl/N-ethyl adjacent to an activating group) is 1. The van der Waals surface area contributed by atoms with Crippen molar-refractivity contribution in [3.05, 3.63) is 11.6 Å². The Morgan fingerprint density at radius 1 is 1.21 bits per heavy atom. The summed E-state index contributed by atoms with van der Waals surface area (Å²) in [6, 6.07) is -0.896. The van der Waals surface area contributed by atoms with E-state index in [-0.39, 0.29) is 36.1 Å². The number of carboxylic acids is 1. The van der Waals surface area contributed by atoms with Crippen molar-refractivity contribution < 1.29 is 19.5 Å². The first kappa shape index (κ1) is 25.1. The van der Waals surface area contributed by atoms with E-state index in [4.69, 9.17) is 5.11 Å². The smallest absolute Gasteiger partial charge is 0.307 e.